The maximum Gasteiger partial charge on any atom is 0.276 e. The lowest BCUT2D eigenvalue weighted by Gasteiger charge is -2.10. The minimum atomic E-state index is -0.372. The number of hydrazine groups is 1. The van der Waals surface area contributed by atoms with Crippen LogP contribution in [0.1, 0.15) is 56.6 Å². The quantitative estimate of drug-likeness (QED) is 0.542. The minimum Gasteiger partial charge on any atom is -0.484 e. The molecule has 1 aromatic carbocycles. The summed E-state index contributed by atoms with van der Waals surface area (Å²) in [4.78, 5) is 23.2. The highest BCUT2D eigenvalue weighted by atomic mass is 16.5. The number of nitrogens with one attached hydrogen (secondary N) is 2. The monoisotopic (exact) mass is 320 g/mol. The smallest absolute Gasteiger partial charge is 0.276 e. The van der Waals surface area contributed by atoms with Crippen LogP contribution >= 0.6 is 0 Å². The van der Waals surface area contributed by atoms with E-state index in [1.54, 1.807) is 0 Å². The van der Waals surface area contributed by atoms with E-state index in [1.807, 2.05) is 32.0 Å². The number of carbonyl (C=O) groups is 2. The molecular weight excluding hydrogens is 292 g/mol. The fraction of sp³-hybridized carbons (Fsp3) is 0.556. The Balaban J connectivity index is 2.17. The van der Waals surface area contributed by atoms with E-state index in [1.165, 1.54) is 12.8 Å². The summed E-state index contributed by atoms with van der Waals surface area (Å²) in [5, 5.41) is 0. The normalized spacial score (nSPS) is 10.2. The first-order chi connectivity index (χ1) is 11.0. The lowest BCUT2D eigenvalue weighted by atomic mass is 10.1. The summed E-state index contributed by atoms with van der Waals surface area (Å²) in [5.41, 5.74) is 6.95. The van der Waals surface area contributed by atoms with Crippen molar-refractivity contribution in [3.05, 3.63) is 29.3 Å². The summed E-state index contributed by atoms with van der Waals surface area (Å²) < 4.78 is 5.42. The zero-order valence-corrected chi connectivity index (χ0v) is 14.4. The van der Waals surface area contributed by atoms with Gasteiger partial charge in [-0.25, -0.2) is 0 Å². The summed E-state index contributed by atoms with van der Waals surface area (Å²) >= 11 is 0. The molecular formula is C18H28N2O3. The van der Waals surface area contributed by atoms with Crippen molar-refractivity contribution in [2.75, 3.05) is 6.61 Å². The molecule has 0 heterocycles. The SMILES string of the molecule is CCCCCCCC(=O)NNC(=O)COc1cc(C)cc(C)c1. The first-order valence-electron chi connectivity index (χ1n) is 8.30. The van der Waals surface area contributed by atoms with Gasteiger partial charge in [-0.15, -0.1) is 0 Å². The predicted octanol–water partition coefficient (Wildman–Crippen LogP) is 3.19. The van der Waals surface area contributed by atoms with E-state index in [2.05, 4.69) is 17.8 Å². The molecule has 5 nitrogen and oxygen atoms in total. The van der Waals surface area contributed by atoms with Crippen LogP contribution in [-0.4, -0.2) is 18.4 Å². The van der Waals surface area contributed by atoms with Gasteiger partial charge >= 0.3 is 0 Å². The van der Waals surface area contributed by atoms with Crippen molar-refractivity contribution in [2.45, 2.75) is 59.3 Å². The van der Waals surface area contributed by atoms with E-state index in [0.717, 1.165) is 30.4 Å². The van der Waals surface area contributed by atoms with E-state index in [9.17, 15) is 9.59 Å². The Morgan fingerprint density at radius 3 is 2.17 bits per heavy atom. The molecule has 0 bridgehead atoms. The largest absolute Gasteiger partial charge is 0.484 e. The van der Waals surface area contributed by atoms with Gasteiger partial charge in [0.05, 0.1) is 0 Å². The van der Waals surface area contributed by atoms with Crippen molar-refractivity contribution in [1.82, 2.24) is 10.9 Å². The second-order valence-corrected chi connectivity index (χ2v) is 5.87. The number of amides is 2. The Kier molecular flexibility index (Phi) is 8.80. The van der Waals surface area contributed by atoms with Crippen molar-refractivity contribution in [3.63, 3.8) is 0 Å². The number of benzene rings is 1. The van der Waals surface area contributed by atoms with Gasteiger partial charge in [-0.2, -0.15) is 0 Å². The highest BCUT2D eigenvalue weighted by Gasteiger charge is 2.06. The lowest BCUT2D eigenvalue weighted by Crippen LogP contribution is -2.43. The molecule has 0 saturated heterocycles. The molecule has 23 heavy (non-hydrogen) atoms. The van der Waals surface area contributed by atoms with Crippen LogP contribution in [0.15, 0.2) is 18.2 Å². The van der Waals surface area contributed by atoms with Gasteiger partial charge in [0.1, 0.15) is 5.75 Å². The van der Waals surface area contributed by atoms with Crippen LogP contribution in [0.5, 0.6) is 5.75 Å². The van der Waals surface area contributed by atoms with Crippen molar-refractivity contribution < 1.29 is 14.3 Å². The number of aryl methyl sites for hydroxylation is 2. The van der Waals surface area contributed by atoms with Gasteiger partial charge in [-0.1, -0.05) is 38.7 Å². The molecule has 2 N–H and O–H groups in total. The summed E-state index contributed by atoms with van der Waals surface area (Å²) in [6.45, 7) is 5.98. The molecule has 1 rings (SSSR count). The highest BCUT2D eigenvalue weighted by molar-refractivity contribution is 5.82. The predicted molar refractivity (Wildman–Crippen MR) is 91.1 cm³/mol. The molecule has 0 aliphatic rings. The van der Waals surface area contributed by atoms with Crippen LogP contribution < -0.4 is 15.6 Å². The second-order valence-electron chi connectivity index (χ2n) is 5.87. The van der Waals surface area contributed by atoms with E-state index >= 15 is 0 Å². The molecule has 128 valence electrons. The van der Waals surface area contributed by atoms with Crippen LogP contribution in [0.2, 0.25) is 0 Å². The Bertz CT molecular complexity index is 495. The molecule has 0 aromatic heterocycles. The third-order valence-corrected chi connectivity index (χ3v) is 3.41. The number of ether oxygens (including phenoxy) is 1. The average molecular weight is 320 g/mol. The lowest BCUT2D eigenvalue weighted by molar-refractivity contribution is -0.130. The second kappa shape index (κ2) is 10.6. The molecule has 0 saturated carbocycles. The van der Waals surface area contributed by atoms with Crippen molar-refractivity contribution in [1.29, 1.82) is 0 Å². The molecule has 1 aromatic rings. The van der Waals surface area contributed by atoms with Crippen LogP contribution in [0.3, 0.4) is 0 Å². The third kappa shape index (κ3) is 8.86. The zero-order chi connectivity index (χ0) is 17.1. The number of carbonyl (C=O) groups excluding carboxylic acids is 2. The molecule has 0 radical (unpaired) electrons. The zero-order valence-electron chi connectivity index (χ0n) is 14.4. The Morgan fingerprint density at radius 1 is 0.913 bits per heavy atom. The molecule has 0 spiro atoms. The number of rotatable bonds is 9. The van der Waals surface area contributed by atoms with Crippen molar-refractivity contribution >= 4 is 11.8 Å². The van der Waals surface area contributed by atoms with Crippen molar-refractivity contribution in [2.24, 2.45) is 0 Å². The maximum atomic E-state index is 11.7. The molecule has 5 heteroatoms. The number of hydrogen-bond donors (Lipinski definition) is 2. The van der Waals surface area contributed by atoms with Gasteiger partial charge in [0.15, 0.2) is 6.61 Å². The van der Waals surface area contributed by atoms with Crippen LogP contribution in [0, 0.1) is 13.8 Å². The molecule has 0 unspecified atom stereocenters. The van der Waals surface area contributed by atoms with Crippen LogP contribution in [0.25, 0.3) is 0 Å². The fourth-order valence-electron chi connectivity index (χ4n) is 2.29. The summed E-state index contributed by atoms with van der Waals surface area (Å²) in [5.74, 6) is 0.115. The Morgan fingerprint density at radius 2 is 1.52 bits per heavy atom. The number of unbranched alkanes of at least 4 members (excludes halogenated alkanes) is 4. The van der Waals surface area contributed by atoms with E-state index < -0.39 is 0 Å². The molecule has 0 aliphatic carbocycles. The molecule has 2 amide bonds. The average Bonchev–Trinajstić information content (AvgIpc) is 2.50. The topological polar surface area (TPSA) is 67.4 Å². The van der Waals surface area contributed by atoms with Gasteiger partial charge in [-0.3, -0.25) is 20.4 Å². The van der Waals surface area contributed by atoms with E-state index in [-0.39, 0.29) is 18.4 Å². The van der Waals surface area contributed by atoms with Crippen LogP contribution in [-0.2, 0) is 9.59 Å². The highest BCUT2D eigenvalue weighted by Crippen LogP contribution is 2.15. The van der Waals surface area contributed by atoms with Crippen molar-refractivity contribution in [3.8, 4) is 5.75 Å². The molecule has 0 aliphatic heterocycles. The first kappa shape index (κ1) is 19.0. The maximum absolute atomic E-state index is 11.7. The van der Waals surface area contributed by atoms with E-state index in [4.69, 9.17) is 4.74 Å². The van der Waals surface area contributed by atoms with Crippen LogP contribution in [0.4, 0.5) is 0 Å². The van der Waals surface area contributed by atoms with Gasteiger partial charge in [0, 0.05) is 6.42 Å². The van der Waals surface area contributed by atoms with Gasteiger partial charge in [0.25, 0.3) is 5.91 Å². The summed E-state index contributed by atoms with van der Waals surface area (Å²) in [7, 11) is 0. The third-order valence-electron chi connectivity index (χ3n) is 3.41. The summed E-state index contributed by atoms with van der Waals surface area (Å²) in [6.07, 6.45) is 5.87. The van der Waals surface area contributed by atoms with Gasteiger partial charge in [0.2, 0.25) is 5.91 Å². The fourth-order valence-corrected chi connectivity index (χ4v) is 2.29. The molecule has 0 fully saturated rings. The Hall–Kier alpha value is -2.04. The summed E-state index contributed by atoms with van der Waals surface area (Å²) in [6, 6.07) is 5.78. The van der Waals surface area contributed by atoms with Gasteiger partial charge < -0.3 is 4.74 Å². The minimum absolute atomic E-state index is 0.125. The Labute approximate surface area is 138 Å². The number of hydrogen-bond acceptors (Lipinski definition) is 3. The van der Waals surface area contributed by atoms with Gasteiger partial charge in [-0.05, 0) is 43.5 Å². The van der Waals surface area contributed by atoms with E-state index in [0.29, 0.717) is 12.2 Å². The molecule has 0 atom stereocenters. The first-order valence-corrected chi connectivity index (χ1v) is 8.30. The standard InChI is InChI=1S/C18H28N2O3/c1-4-5-6-7-8-9-17(21)19-20-18(22)13-23-16-11-14(2)10-15(3)12-16/h10-12H,4-9,13H2,1-3H3,(H,19,21)(H,20,22).